The van der Waals surface area contributed by atoms with E-state index in [0.29, 0.717) is 18.8 Å². The number of benzene rings is 1. The van der Waals surface area contributed by atoms with Crippen LogP contribution < -0.4 is 0 Å². The maximum absolute atomic E-state index is 13.2. The number of unbranched alkanes of at least 4 members (excludes halogenated alkanes) is 1. The third-order valence-electron chi connectivity index (χ3n) is 4.15. The van der Waals surface area contributed by atoms with E-state index in [1.807, 2.05) is 0 Å². The first-order valence-electron chi connectivity index (χ1n) is 7.81. The van der Waals surface area contributed by atoms with Crippen LogP contribution in [0.4, 0.5) is 8.78 Å². The predicted octanol–water partition coefficient (Wildman–Crippen LogP) is 3.17. The van der Waals surface area contributed by atoms with Gasteiger partial charge in [-0.2, -0.15) is 0 Å². The molecule has 1 heterocycles. The molecule has 1 aliphatic heterocycles. The van der Waals surface area contributed by atoms with Gasteiger partial charge in [0.2, 0.25) is 0 Å². The van der Waals surface area contributed by atoms with Gasteiger partial charge in [-0.1, -0.05) is 0 Å². The van der Waals surface area contributed by atoms with Crippen molar-refractivity contribution in [3.05, 3.63) is 35.4 Å². The third-order valence-corrected chi connectivity index (χ3v) is 4.15. The summed E-state index contributed by atoms with van der Waals surface area (Å²) in [5, 5.41) is 0. The molecule has 0 amide bonds. The highest BCUT2D eigenvalue weighted by atomic mass is 19.1. The number of ether oxygens (including phenoxy) is 1. The average Bonchev–Trinajstić information content (AvgIpc) is 2.89. The number of likely N-dealkylation sites (tertiary alicyclic amines) is 1. The van der Waals surface area contributed by atoms with E-state index < -0.39 is 11.6 Å². The molecule has 22 heavy (non-hydrogen) atoms. The first-order valence-corrected chi connectivity index (χ1v) is 7.81. The Bertz CT molecular complexity index is 487. The molecule has 1 fully saturated rings. The summed E-state index contributed by atoms with van der Waals surface area (Å²) in [4.78, 5) is 13.4. The monoisotopic (exact) mass is 311 g/mol. The molecule has 0 spiro atoms. The molecule has 0 aromatic heterocycles. The van der Waals surface area contributed by atoms with Gasteiger partial charge in [0.1, 0.15) is 11.6 Å². The molecule has 1 saturated heterocycles. The lowest BCUT2D eigenvalue weighted by molar-refractivity contribution is -0.140. The van der Waals surface area contributed by atoms with Crippen molar-refractivity contribution in [2.45, 2.75) is 32.1 Å². The van der Waals surface area contributed by atoms with Gasteiger partial charge in [-0.25, -0.2) is 8.78 Å². The highest BCUT2D eigenvalue weighted by Gasteiger charge is 2.22. The lowest BCUT2D eigenvalue weighted by Crippen LogP contribution is -2.22. The molecule has 1 aromatic carbocycles. The highest BCUT2D eigenvalue weighted by Crippen LogP contribution is 2.22. The summed E-state index contributed by atoms with van der Waals surface area (Å²) in [5.41, 5.74) is 0.732. The fourth-order valence-corrected chi connectivity index (χ4v) is 3.05. The minimum atomic E-state index is -0.507. The van der Waals surface area contributed by atoms with Gasteiger partial charge in [-0.05, 0) is 62.4 Å². The van der Waals surface area contributed by atoms with E-state index in [1.165, 1.54) is 19.2 Å². The summed E-state index contributed by atoms with van der Waals surface area (Å²) in [6.45, 7) is 2.93. The number of methoxy groups -OCH3 is 1. The van der Waals surface area contributed by atoms with E-state index in [9.17, 15) is 13.6 Å². The Morgan fingerprint density at radius 2 is 2.00 bits per heavy atom. The maximum atomic E-state index is 13.2. The van der Waals surface area contributed by atoms with E-state index in [-0.39, 0.29) is 5.97 Å². The van der Waals surface area contributed by atoms with Crippen molar-refractivity contribution in [2.75, 3.05) is 26.7 Å². The number of rotatable bonds is 7. The van der Waals surface area contributed by atoms with Gasteiger partial charge in [0.15, 0.2) is 0 Å². The van der Waals surface area contributed by atoms with Crippen LogP contribution in [0.2, 0.25) is 0 Å². The van der Waals surface area contributed by atoms with Gasteiger partial charge in [-0.3, -0.25) is 4.79 Å². The van der Waals surface area contributed by atoms with Crippen molar-refractivity contribution in [1.82, 2.24) is 4.90 Å². The lowest BCUT2D eigenvalue weighted by Gasteiger charge is -2.15. The van der Waals surface area contributed by atoms with Crippen molar-refractivity contribution in [2.24, 2.45) is 5.92 Å². The first-order chi connectivity index (χ1) is 10.6. The molecule has 0 aliphatic carbocycles. The van der Waals surface area contributed by atoms with E-state index in [4.69, 9.17) is 0 Å². The van der Waals surface area contributed by atoms with Gasteiger partial charge >= 0.3 is 5.97 Å². The number of esters is 1. The van der Waals surface area contributed by atoms with Crippen LogP contribution >= 0.6 is 0 Å². The fourth-order valence-electron chi connectivity index (χ4n) is 3.05. The van der Waals surface area contributed by atoms with Crippen LogP contribution in [0.5, 0.6) is 0 Å². The van der Waals surface area contributed by atoms with Crippen LogP contribution in [-0.4, -0.2) is 37.6 Å². The number of carbonyl (C=O) groups excluding carboxylic acids is 1. The van der Waals surface area contributed by atoms with Crippen LogP contribution in [0.3, 0.4) is 0 Å². The van der Waals surface area contributed by atoms with Crippen molar-refractivity contribution in [1.29, 1.82) is 0 Å². The number of nitrogens with zero attached hydrogens (tertiary/aromatic N) is 1. The Balaban J connectivity index is 1.70. The van der Waals surface area contributed by atoms with Crippen LogP contribution in [0.1, 0.15) is 31.2 Å². The third kappa shape index (κ3) is 5.37. The van der Waals surface area contributed by atoms with Crippen molar-refractivity contribution in [3.8, 4) is 0 Å². The van der Waals surface area contributed by atoms with Gasteiger partial charge in [-0.15, -0.1) is 0 Å². The zero-order valence-corrected chi connectivity index (χ0v) is 13.0. The molecule has 0 N–H and O–H groups in total. The summed E-state index contributed by atoms with van der Waals surface area (Å²) in [5.74, 6) is -0.727. The Hall–Kier alpha value is -1.49. The SMILES string of the molecule is COC(=O)CCCCN1CCC(Cc2cc(F)cc(F)c2)C1. The molecule has 122 valence electrons. The van der Waals surface area contributed by atoms with E-state index >= 15 is 0 Å². The predicted molar refractivity (Wildman–Crippen MR) is 80.5 cm³/mol. The molecule has 2 rings (SSSR count). The molecule has 5 heteroatoms. The zero-order valence-electron chi connectivity index (χ0n) is 13.0. The minimum Gasteiger partial charge on any atom is -0.469 e. The Morgan fingerprint density at radius 1 is 1.27 bits per heavy atom. The fraction of sp³-hybridized carbons (Fsp3) is 0.588. The normalized spacial score (nSPS) is 18.6. The second-order valence-electron chi connectivity index (χ2n) is 5.97. The summed E-state index contributed by atoms with van der Waals surface area (Å²) < 4.78 is 31.0. The number of carbonyl (C=O) groups is 1. The largest absolute Gasteiger partial charge is 0.469 e. The molecule has 0 saturated carbocycles. The number of hydrogen-bond donors (Lipinski definition) is 0. The quantitative estimate of drug-likeness (QED) is 0.572. The Kier molecular flexibility index (Phi) is 6.31. The molecule has 1 unspecified atom stereocenters. The molecule has 0 bridgehead atoms. The summed E-state index contributed by atoms with van der Waals surface area (Å²) in [7, 11) is 1.41. The standard InChI is InChI=1S/C17H23F2NO2/c1-22-17(21)4-2-3-6-20-7-5-13(12-20)8-14-9-15(18)11-16(19)10-14/h9-11,13H,2-8,12H2,1H3. The number of hydrogen-bond acceptors (Lipinski definition) is 3. The molecule has 1 aliphatic rings. The van der Waals surface area contributed by atoms with Gasteiger partial charge in [0.25, 0.3) is 0 Å². The van der Waals surface area contributed by atoms with Crippen LogP contribution in [-0.2, 0) is 16.0 Å². The maximum Gasteiger partial charge on any atom is 0.305 e. The summed E-state index contributed by atoms with van der Waals surface area (Å²) in [6, 6.07) is 3.75. The summed E-state index contributed by atoms with van der Waals surface area (Å²) >= 11 is 0. The first kappa shape index (κ1) is 16.9. The average molecular weight is 311 g/mol. The Labute approximate surface area is 130 Å². The minimum absolute atomic E-state index is 0.160. The Morgan fingerprint density at radius 3 is 2.68 bits per heavy atom. The molecule has 3 nitrogen and oxygen atoms in total. The smallest absolute Gasteiger partial charge is 0.305 e. The highest BCUT2D eigenvalue weighted by molar-refractivity contribution is 5.68. The molecule has 0 radical (unpaired) electrons. The van der Waals surface area contributed by atoms with Gasteiger partial charge in [0, 0.05) is 19.0 Å². The molecule has 1 atom stereocenters. The van der Waals surface area contributed by atoms with Gasteiger partial charge < -0.3 is 9.64 Å². The topological polar surface area (TPSA) is 29.5 Å². The van der Waals surface area contributed by atoms with E-state index in [0.717, 1.165) is 50.5 Å². The number of halogens is 2. The van der Waals surface area contributed by atoms with Crippen LogP contribution in [0.25, 0.3) is 0 Å². The second kappa shape index (κ2) is 8.22. The molecule has 1 aromatic rings. The molecular formula is C17H23F2NO2. The van der Waals surface area contributed by atoms with Crippen molar-refractivity contribution < 1.29 is 18.3 Å². The second-order valence-corrected chi connectivity index (χ2v) is 5.97. The van der Waals surface area contributed by atoms with Crippen molar-refractivity contribution >= 4 is 5.97 Å². The van der Waals surface area contributed by atoms with E-state index in [2.05, 4.69) is 9.64 Å². The molecular weight excluding hydrogens is 288 g/mol. The van der Waals surface area contributed by atoms with Crippen LogP contribution in [0.15, 0.2) is 18.2 Å². The van der Waals surface area contributed by atoms with E-state index in [1.54, 1.807) is 0 Å². The lowest BCUT2D eigenvalue weighted by atomic mass is 9.98. The zero-order chi connectivity index (χ0) is 15.9. The van der Waals surface area contributed by atoms with Gasteiger partial charge in [0.05, 0.1) is 7.11 Å². The van der Waals surface area contributed by atoms with Crippen LogP contribution in [0, 0.1) is 17.6 Å². The van der Waals surface area contributed by atoms with Crippen molar-refractivity contribution in [3.63, 3.8) is 0 Å². The summed E-state index contributed by atoms with van der Waals surface area (Å²) in [6.07, 6.45) is 4.04.